The van der Waals surface area contributed by atoms with Crippen LogP contribution in [0.5, 0.6) is 5.88 Å². The molecule has 0 aliphatic carbocycles. The minimum atomic E-state index is 0.296. The molecule has 1 aromatic heterocycles. The van der Waals surface area contributed by atoms with Gasteiger partial charge in [0.2, 0.25) is 5.88 Å². The molecule has 0 atom stereocenters. The van der Waals surface area contributed by atoms with Gasteiger partial charge in [0.25, 0.3) is 0 Å². The summed E-state index contributed by atoms with van der Waals surface area (Å²) in [6.45, 7) is 3.93. The minimum Gasteiger partial charge on any atom is -0.475 e. The van der Waals surface area contributed by atoms with Crippen LogP contribution in [-0.4, -0.2) is 24.8 Å². The molecule has 0 amide bonds. The van der Waals surface area contributed by atoms with Gasteiger partial charge in [0.15, 0.2) is 5.82 Å². The van der Waals surface area contributed by atoms with Crippen molar-refractivity contribution in [2.75, 3.05) is 31.3 Å². The fourth-order valence-corrected chi connectivity index (χ4v) is 1.10. The van der Waals surface area contributed by atoms with Crippen LogP contribution in [0.4, 0.5) is 11.5 Å². The van der Waals surface area contributed by atoms with Gasteiger partial charge in [0.05, 0.1) is 12.3 Å². The first-order valence-electron chi connectivity index (χ1n) is 5.46. The molecule has 16 heavy (non-hydrogen) atoms. The third-order valence-corrected chi connectivity index (χ3v) is 2.05. The predicted octanol–water partition coefficient (Wildman–Crippen LogP) is 1.44. The van der Waals surface area contributed by atoms with Gasteiger partial charge >= 0.3 is 0 Å². The molecule has 1 aromatic rings. The fraction of sp³-hybridized carbons (Fsp3) is 0.545. The Labute approximate surface area is 95.7 Å². The molecular formula is C11H19N3O2. The van der Waals surface area contributed by atoms with Crippen molar-refractivity contribution in [3.8, 4) is 5.88 Å². The van der Waals surface area contributed by atoms with E-state index in [1.807, 2.05) is 0 Å². The Bertz CT molecular complexity index is 318. The van der Waals surface area contributed by atoms with Crippen molar-refractivity contribution in [2.24, 2.45) is 0 Å². The van der Waals surface area contributed by atoms with Crippen LogP contribution in [0.3, 0.4) is 0 Å². The molecule has 1 rings (SSSR count). The number of pyridine rings is 1. The van der Waals surface area contributed by atoms with Gasteiger partial charge in [-0.15, -0.1) is 0 Å². The molecule has 0 fully saturated rings. The van der Waals surface area contributed by atoms with Crippen LogP contribution in [0.1, 0.15) is 19.8 Å². The summed E-state index contributed by atoms with van der Waals surface area (Å²) in [5.41, 5.74) is 11.5. The lowest BCUT2D eigenvalue weighted by Crippen LogP contribution is -2.09. The second-order valence-corrected chi connectivity index (χ2v) is 3.44. The molecular weight excluding hydrogens is 206 g/mol. The van der Waals surface area contributed by atoms with E-state index in [-0.39, 0.29) is 0 Å². The van der Waals surface area contributed by atoms with E-state index in [0.29, 0.717) is 30.6 Å². The van der Waals surface area contributed by atoms with Gasteiger partial charge in [-0.05, 0) is 12.5 Å². The van der Waals surface area contributed by atoms with E-state index in [0.717, 1.165) is 19.4 Å². The van der Waals surface area contributed by atoms with Gasteiger partial charge in [-0.25, -0.2) is 0 Å². The van der Waals surface area contributed by atoms with Crippen LogP contribution >= 0.6 is 0 Å². The Kier molecular flexibility index (Phi) is 5.42. The number of hydrogen-bond acceptors (Lipinski definition) is 5. The maximum atomic E-state index is 5.54. The zero-order chi connectivity index (χ0) is 11.8. The van der Waals surface area contributed by atoms with Gasteiger partial charge < -0.3 is 20.9 Å². The number of aromatic nitrogens is 1. The zero-order valence-corrected chi connectivity index (χ0v) is 9.61. The van der Waals surface area contributed by atoms with E-state index < -0.39 is 0 Å². The minimum absolute atomic E-state index is 0.296. The van der Waals surface area contributed by atoms with E-state index in [9.17, 15) is 0 Å². The molecule has 90 valence electrons. The van der Waals surface area contributed by atoms with Crippen molar-refractivity contribution < 1.29 is 9.47 Å². The molecule has 0 aromatic carbocycles. The topological polar surface area (TPSA) is 83.4 Å². The Balaban J connectivity index is 2.19. The van der Waals surface area contributed by atoms with E-state index in [4.69, 9.17) is 20.9 Å². The van der Waals surface area contributed by atoms with Crippen LogP contribution in [0.15, 0.2) is 12.1 Å². The normalized spacial score (nSPS) is 10.3. The Morgan fingerprint density at radius 3 is 2.69 bits per heavy atom. The summed E-state index contributed by atoms with van der Waals surface area (Å²) < 4.78 is 10.7. The predicted molar refractivity (Wildman–Crippen MR) is 64.3 cm³/mol. The number of hydrogen-bond donors (Lipinski definition) is 2. The lowest BCUT2D eigenvalue weighted by atomic mass is 10.4. The highest BCUT2D eigenvalue weighted by molar-refractivity contribution is 5.58. The summed E-state index contributed by atoms with van der Waals surface area (Å²) in [5, 5.41) is 0. The maximum Gasteiger partial charge on any atom is 0.215 e. The first-order chi connectivity index (χ1) is 7.74. The van der Waals surface area contributed by atoms with Crippen LogP contribution in [0.2, 0.25) is 0 Å². The van der Waals surface area contributed by atoms with Gasteiger partial charge in [-0.3, -0.25) is 0 Å². The average Bonchev–Trinajstić information content (AvgIpc) is 2.28. The fourth-order valence-electron chi connectivity index (χ4n) is 1.10. The highest BCUT2D eigenvalue weighted by Crippen LogP contribution is 2.15. The number of rotatable bonds is 7. The van der Waals surface area contributed by atoms with Crippen LogP contribution in [0.25, 0.3) is 0 Å². The SMILES string of the molecule is CCCCOCCOc1ccc(N)c(N)n1. The van der Waals surface area contributed by atoms with Crippen molar-refractivity contribution in [1.29, 1.82) is 0 Å². The summed E-state index contributed by atoms with van der Waals surface area (Å²) in [6, 6.07) is 3.37. The van der Waals surface area contributed by atoms with Gasteiger partial charge in [0.1, 0.15) is 6.61 Å². The third-order valence-electron chi connectivity index (χ3n) is 2.05. The van der Waals surface area contributed by atoms with Gasteiger partial charge in [-0.1, -0.05) is 13.3 Å². The van der Waals surface area contributed by atoms with Crippen LogP contribution < -0.4 is 16.2 Å². The molecule has 5 heteroatoms. The smallest absolute Gasteiger partial charge is 0.215 e. The zero-order valence-electron chi connectivity index (χ0n) is 9.61. The highest BCUT2D eigenvalue weighted by atomic mass is 16.5. The molecule has 0 bridgehead atoms. The summed E-state index contributed by atoms with van der Waals surface area (Å²) >= 11 is 0. The lowest BCUT2D eigenvalue weighted by Gasteiger charge is -2.07. The molecule has 0 aliphatic rings. The lowest BCUT2D eigenvalue weighted by molar-refractivity contribution is 0.0966. The number of nitrogens with zero attached hydrogens (tertiary/aromatic N) is 1. The van der Waals surface area contributed by atoms with Crippen LogP contribution in [-0.2, 0) is 4.74 Å². The molecule has 0 saturated carbocycles. The first kappa shape index (κ1) is 12.6. The molecule has 0 unspecified atom stereocenters. The van der Waals surface area contributed by atoms with E-state index in [1.54, 1.807) is 12.1 Å². The van der Waals surface area contributed by atoms with Gasteiger partial charge in [-0.2, -0.15) is 4.98 Å². The summed E-state index contributed by atoms with van der Waals surface area (Å²) in [4.78, 5) is 3.98. The standard InChI is InChI=1S/C11H19N3O2/c1-2-3-6-15-7-8-16-10-5-4-9(12)11(13)14-10/h4-5H,2-3,6-8,12H2,1H3,(H2,13,14). The summed E-state index contributed by atoms with van der Waals surface area (Å²) in [5.74, 6) is 0.773. The molecule has 0 aliphatic heterocycles. The number of unbranched alkanes of at least 4 members (excludes halogenated alkanes) is 1. The molecule has 5 nitrogen and oxygen atoms in total. The maximum absolute atomic E-state index is 5.54. The highest BCUT2D eigenvalue weighted by Gasteiger charge is 1.99. The van der Waals surface area contributed by atoms with Crippen molar-refractivity contribution in [3.63, 3.8) is 0 Å². The monoisotopic (exact) mass is 225 g/mol. The second kappa shape index (κ2) is 6.90. The number of anilines is 2. The molecule has 4 N–H and O–H groups in total. The van der Waals surface area contributed by atoms with E-state index >= 15 is 0 Å². The molecule has 0 spiro atoms. The van der Waals surface area contributed by atoms with Crippen molar-refractivity contribution in [2.45, 2.75) is 19.8 Å². The van der Waals surface area contributed by atoms with E-state index in [1.165, 1.54) is 0 Å². The summed E-state index contributed by atoms with van der Waals surface area (Å²) in [7, 11) is 0. The quantitative estimate of drug-likeness (QED) is 0.686. The second-order valence-electron chi connectivity index (χ2n) is 3.44. The third kappa shape index (κ3) is 4.35. The molecule has 1 heterocycles. The first-order valence-corrected chi connectivity index (χ1v) is 5.46. The number of nitrogen functional groups attached to an aromatic ring is 2. The molecule has 0 radical (unpaired) electrons. The van der Waals surface area contributed by atoms with Crippen LogP contribution in [0, 0.1) is 0 Å². The molecule has 0 saturated heterocycles. The Hall–Kier alpha value is -1.49. The summed E-state index contributed by atoms with van der Waals surface area (Å²) in [6.07, 6.45) is 2.21. The van der Waals surface area contributed by atoms with Crippen molar-refractivity contribution in [3.05, 3.63) is 12.1 Å². The van der Waals surface area contributed by atoms with Crippen molar-refractivity contribution in [1.82, 2.24) is 4.98 Å². The van der Waals surface area contributed by atoms with Gasteiger partial charge in [0, 0.05) is 12.7 Å². The van der Waals surface area contributed by atoms with Crippen molar-refractivity contribution >= 4 is 11.5 Å². The Morgan fingerprint density at radius 1 is 1.19 bits per heavy atom. The largest absolute Gasteiger partial charge is 0.475 e. The number of ether oxygens (including phenoxy) is 2. The average molecular weight is 225 g/mol. The number of nitrogens with two attached hydrogens (primary N) is 2. The Morgan fingerprint density at radius 2 is 2.00 bits per heavy atom. The van der Waals surface area contributed by atoms with E-state index in [2.05, 4.69) is 11.9 Å².